The molecule has 0 saturated heterocycles. The first-order chi connectivity index (χ1) is 19.0. The number of allylic oxidation sites excluding steroid dienone is 1. The van der Waals surface area contributed by atoms with Crippen LogP contribution in [0.15, 0.2) is 95.9 Å². The number of aliphatic hydroxyl groups is 1. The average molecular weight is 553 g/mol. The fourth-order valence-electron chi connectivity index (χ4n) is 3.67. The summed E-state index contributed by atoms with van der Waals surface area (Å²) in [5, 5.41) is 20.7. The molecule has 9 nitrogen and oxygen atoms in total. The molecule has 2 atom stereocenters. The molecule has 0 aromatic heterocycles. The Balaban J connectivity index is 1.90. The molecule has 0 radical (unpaired) electrons. The van der Waals surface area contributed by atoms with Gasteiger partial charge in [-0.05, 0) is 73.2 Å². The van der Waals surface area contributed by atoms with Crippen LogP contribution < -0.4 is 20.3 Å². The Labute approximate surface area is 231 Å². The molecule has 0 aliphatic carbocycles. The van der Waals surface area contributed by atoms with Gasteiger partial charge in [-0.1, -0.05) is 36.4 Å². The molecule has 0 bridgehead atoms. The van der Waals surface area contributed by atoms with Crippen molar-refractivity contribution in [3.8, 4) is 11.5 Å². The van der Waals surface area contributed by atoms with E-state index in [1.165, 1.54) is 6.08 Å². The van der Waals surface area contributed by atoms with Crippen molar-refractivity contribution >= 4 is 29.4 Å². The molecule has 3 aromatic rings. The Bertz CT molecular complexity index is 1210. The molecule has 3 aromatic carbocycles. The molecular formula is C29H32N2O7S. The third-order valence-electron chi connectivity index (χ3n) is 5.48. The molecule has 0 aliphatic heterocycles. The highest BCUT2D eigenvalue weighted by Gasteiger charge is 2.29. The van der Waals surface area contributed by atoms with Gasteiger partial charge >= 0.3 is 6.09 Å². The van der Waals surface area contributed by atoms with Gasteiger partial charge in [0.2, 0.25) is 0 Å². The highest BCUT2D eigenvalue weighted by molar-refractivity contribution is 7.98. The van der Waals surface area contributed by atoms with Gasteiger partial charge in [-0.2, -0.15) is 0 Å². The number of thioether (sulfide) groups is 1. The maximum atomic E-state index is 13.1. The molecule has 0 fully saturated rings. The van der Waals surface area contributed by atoms with E-state index in [4.69, 9.17) is 24.5 Å². The molecule has 206 valence electrons. The first-order valence-corrected chi connectivity index (χ1v) is 13.5. The average Bonchev–Trinajstić information content (AvgIpc) is 2.97. The zero-order valence-corrected chi connectivity index (χ0v) is 22.3. The highest BCUT2D eigenvalue weighted by atomic mass is 32.2. The van der Waals surface area contributed by atoms with Gasteiger partial charge in [-0.3, -0.25) is 15.3 Å². The van der Waals surface area contributed by atoms with Crippen molar-refractivity contribution in [2.45, 2.75) is 29.9 Å². The number of hydrogen-bond donors (Lipinski definition) is 4. The van der Waals surface area contributed by atoms with Crippen LogP contribution in [0.3, 0.4) is 0 Å². The second-order valence-electron chi connectivity index (χ2n) is 8.25. The standard InChI is InChI=1S/C29H32N2O7S/c1-39-25-16-14-22(15-17-25)30-29(34)38-28(21-8-7-11-24(20-21)36-19-18-32)26(12-5-6-13-27(33)31-35)37-23-9-3-2-4-10-23/h2-4,6-11,13-17,20,26,28,32,35H,5,12,18-19H2,1H3,(H,30,34)(H,31,33)/b13-6+/t26-,28-/m1/s1. The zero-order chi connectivity index (χ0) is 27.9. The van der Waals surface area contributed by atoms with Crippen LogP contribution in [-0.4, -0.2) is 47.9 Å². The number of anilines is 1. The van der Waals surface area contributed by atoms with Crippen LogP contribution in [0.1, 0.15) is 24.5 Å². The van der Waals surface area contributed by atoms with Crippen LogP contribution in [0.5, 0.6) is 11.5 Å². The Hall–Kier alpha value is -3.99. The number of para-hydroxylation sites is 1. The number of carbonyl (C=O) groups is 2. The van der Waals surface area contributed by atoms with Crippen molar-refractivity contribution < 1.29 is 34.1 Å². The smallest absolute Gasteiger partial charge is 0.412 e. The second kappa shape index (κ2) is 16.1. The van der Waals surface area contributed by atoms with E-state index in [9.17, 15) is 9.59 Å². The predicted octanol–water partition coefficient (Wildman–Crippen LogP) is 5.36. The number of aliphatic hydroxyl groups excluding tert-OH is 1. The van der Waals surface area contributed by atoms with Gasteiger partial charge in [0.25, 0.3) is 5.91 Å². The second-order valence-corrected chi connectivity index (χ2v) is 9.13. The van der Waals surface area contributed by atoms with E-state index in [-0.39, 0.29) is 13.2 Å². The third-order valence-corrected chi connectivity index (χ3v) is 6.23. The van der Waals surface area contributed by atoms with Crippen molar-refractivity contribution in [1.82, 2.24) is 5.48 Å². The van der Waals surface area contributed by atoms with E-state index in [1.807, 2.05) is 36.6 Å². The van der Waals surface area contributed by atoms with Crippen LogP contribution in [0.2, 0.25) is 0 Å². The van der Waals surface area contributed by atoms with Crippen molar-refractivity contribution in [3.63, 3.8) is 0 Å². The van der Waals surface area contributed by atoms with Crippen molar-refractivity contribution in [1.29, 1.82) is 0 Å². The summed E-state index contributed by atoms with van der Waals surface area (Å²) in [5.41, 5.74) is 2.75. The van der Waals surface area contributed by atoms with E-state index in [0.717, 1.165) is 4.90 Å². The van der Waals surface area contributed by atoms with Crippen molar-refractivity contribution in [2.24, 2.45) is 0 Å². The van der Waals surface area contributed by atoms with Gasteiger partial charge < -0.3 is 19.3 Å². The normalized spacial score (nSPS) is 12.4. The maximum Gasteiger partial charge on any atom is 0.412 e. The summed E-state index contributed by atoms with van der Waals surface area (Å²) >= 11 is 1.60. The Morgan fingerprint density at radius 2 is 1.74 bits per heavy atom. The summed E-state index contributed by atoms with van der Waals surface area (Å²) in [5.74, 6) is 0.430. The maximum absolute atomic E-state index is 13.1. The molecule has 2 amide bonds. The number of rotatable bonds is 14. The molecule has 0 heterocycles. The largest absolute Gasteiger partial charge is 0.491 e. The summed E-state index contributed by atoms with van der Waals surface area (Å²) < 4.78 is 17.8. The topological polar surface area (TPSA) is 126 Å². The first kappa shape index (κ1) is 29.6. The van der Waals surface area contributed by atoms with Crippen molar-refractivity contribution in [2.75, 3.05) is 24.8 Å². The molecule has 0 aliphatic rings. The summed E-state index contributed by atoms with van der Waals surface area (Å²) in [6, 6.07) is 23.6. The molecule has 0 unspecified atom stereocenters. The fourth-order valence-corrected chi connectivity index (χ4v) is 4.08. The van der Waals surface area contributed by atoms with Crippen LogP contribution in [0, 0.1) is 0 Å². The minimum atomic E-state index is -0.867. The summed E-state index contributed by atoms with van der Waals surface area (Å²) in [7, 11) is 0. The molecule has 4 N–H and O–H groups in total. The van der Waals surface area contributed by atoms with Gasteiger partial charge in [0.1, 0.15) is 24.2 Å². The number of hydroxylamine groups is 1. The highest BCUT2D eigenvalue weighted by Crippen LogP contribution is 2.31. The lowest BCUT2D eigenvalue weighted by Crippen LogP contribution is -2.31. The van der Waals surface area contributed by atoms with Crippen molar-refractivity contribution in [3.05, 3.63) is 96.6 Å². The number of nitrogens with one attached hydrogen (secondary N) is 2. The number of amides is 2. The zero-order valence-electron chi connectivity index (χ0n) is 21.5. The molecule has 0 spiro atoms. The molecule has 10 heteroatoms. The van der Waals surface area contributed by atoms with E-state index in [2.05, 4.69) is 5.32 Å². The summed E-state index contributed by atoms with van der Waals surface area (Å²) in [6.07, 6.45) is 3.34. The number of hydrogen-bond acceptors (Lipinski definition) is 8. The van der Waals surface area contributed by atoms with Gasteiger partial charge in [0, 0.05) is 16.7 Å². The number of benzene rings is 3. The Morgan fingerprint density at radius 3 is 2.44 bits per heavy atom. The fraction of sp³-hybridized carbons (Fsp3) is 0.241. The predicted molar refractivity (Wildman–Crippen MR) is 149 cm³/mol. The third kappa shape index (κ3) is 10.0. The number of ether oxygens (including phenoxy) is 3. The van der Waals surface area contributed by atoms with E-state index in [0.29, 0.717) is 35.6 Å². The molecule has 0 saturated carbocycles. The first-order valence-electron chi connectivity index (χ1n) is 12.3. The molecular weight excluding hydrogens is 520 g/mol. The van der Waals surface area contributed by atoms with E-state index in [1.54, 1.807) is 71.8 Å². The van der Waals surface area contributed by atoms with Crippen LogP contribution in [-0.2, 0) is 9.53 Å². The Kier molecular flexibility index (Phi) is 12.2. The lowest BCUT2D eigenvalue weighted by molar-refractivity contribution is -0.124. The summed E-state index contributed by atoms with van der Waals surface area (Å²) in [6.45, 7) is -0.0292. The van der Waals surface area contributed by atoms with Gasteiger partial charge in [-0.25, -0.2) is 10.3 Å². The van der Waals surface area contributed by atoms with Gasteiger partial charge in [0.15, 0.2) is 6.10 Å². The summed E-state index contributed by atoms with van der Waals surface area (Å²) in [4.78, 5) is 25.5. The quantitative estimate of drug-likeness (QED) is 0.0912. The minimum absolute atomic E-state index is 0.114. The number of carbonyl (C=O) groups excluding carboxylic acids is 2. The van der Waals surface area contributed by atoms with Crippen LogP contribution in [0.4, 0.5) is 10.5 Å². The van der Waals surface area contributed by atoms with Gasteiger partial charge in [0.05, 0.1) is 6.61 Å². The Morgan fingerprint density at radius 1 is 1.00 bits per heavy atom. The monoisotopic (exact) mass is 552 g/mol. The van der Waals surface area contributed by atoms with Crippen LogP contribution in [0.25, 0.3) is 0 Å². The van der Waals surface area contributed by atoms with E-state index < -0.39 is 24.2 Å². The van der Waals surface area contributed by atoms with E-state index >= 15 is 0 Å². The van der Waals surface area contributed by atoms with Crippen LogP contribution >= 0.6 is 11.8 Å². The van der Waals surface area contributed by atoms with Gasteiger partial charge in [-0.15, -0.1) is 11.8 Å². The minimum Gasteiger partial charge on any atom is -0.491 e. The molecule has 3 rings (SSSR count). The molecule has 39 heavy (non-hydrogen) atoms. The lowest BCUT2D eigenvalue weighted by atomic mass is 9.99. The SMILES string of the molecule is CSc1ccc(NC(=O)O[C@H](c2cccc(OCCO)c2)[C@@H](CC/C=C/C(=O)NO)Oc2ccccc2)cc1. The lowest BCUT2D eigenvalue weighted by Gasteiger charge is -2.28.